The van der Waals surface area contributed by atoms with Crippen molar-refractivity contribution in [3.8, 4) is 0 Å². The van der Waals surface area contributed by atoms with Crippen LogP contribution in [0, 0.1) is 5.82 Å². The van der Waals surface area contributed by atoms with Gasteiger partial charge in [0, 0.05) is 18.5 Å². The van der Waals surface area contributed by atoms with Crippen molar-refractivity contribution in [2.45, 2.75) is 13.0 Å². The van der Waals surface area contributed by atoms with Crippen molar-refractivity contribution in [3.63, 3.8) is 0 Å². The minimum absolute atomic E-state index is 0.117. The quantitative estimate of drug-likeness (QED) is 0.867. The number of halogens is 1. The molecule has 0 aliphatic carbocycles. The van der Waals surface area contributed by atoms with Gasteiger partial charge in [0.2, 0.25) is 5.91 Å². The number of rotatable bonds is 4. The highest BCUT2D eigenvalue weighted by molar-refractivity contribution is 5.91. The minimum atomic E-state index is -0.295. The van der Waals surface area contributed by atoms with Gasteiger partial charge < -0.3 is 5.32 Å². The zero-order valence-corrected chi connectivity index (χ0v) is 11.1. The van der Waals surface area contributed by atoms with Crippen LogP contribution >= 0.6 is 0 Å². The zero-order valence-electron chi connectivity index (χ0n) is 11.1. The third-order valence-corrected chi connectivity index (χ3v) is 2.84. The van der Waals surface area contributed by atoms with Gasteiger partial charge in [0.05, 0.1) is 6.04 Å². The van der Waals surface area contributed by atoms with Crippen LogP contribution in [0.15, 0.2) is 54.9 Å². The Morgan fingerprint density at radius 3 is 2.70 bits per heavy atom. The summed E-state index contributed by atoms with van der Waals surface area (Å²) in [4.78, 5) is 15.8. The number of nitrogens with one attached hydrogen (secondary N) is 1. The minimum Gasteiger partial charge on any atom is -0.346 e. The van der Waals surface area contributed by atoms with E-state index in [9.17, 15) is 9.18 Å². The molecule has 0 spiro atoms. The molecule has 102 valence electrons. The summed E-state index contributed by atoms with van der Waals surface area (Å²) in [6, 6.07) is 9.56. The topological polar surface area (TPSA) is 42.0 Å². The van der Waals surface area contributed by atoms with Crippen molar-refractivity contribution in [1.29, 1.82) is 0 Å². The lowest BCUT2D eigenvalue weighted by Gasteiger charge is -2.11. The van der Waals surface area contributed by atoms with Gasteiger partial charge in [-0.3, -0.25) is 9.78 Å². The molecule has 0 fully saturated rings. The number of benzene rings is 1. The largest absolute Gasteiger partial charge is 0.346 e. The molecule has 1 aromatic heterocycles. The maximum absolute atomic E-state index is 12.7. The number of carbonyl (C=O) groups excluding carboxylic acids is 1. The smallest absolute Gasteiger partial charge is 0.244 e. The predicted octanol–water partition coefficient (Wildman–Crippen LogP) is 3.11. The summed E-state index contributed by atoms with van der Waals surface area (Å²) >= 11 is 0. The Morgan fingerprint density at radius 2 is 2.05 bits per heavy atom. The fraction of sp³-hybridized carbons (Fsp3) is 0.125. The number of carbonyl (C=O) groups is 1. The van der Waals surface area contributed by atoms with E-state index in [1.165, 1.54) is 18.2 Å². The fourth-order valence-electron chi connectivity index (χ4n) is 1.72. The predicted molar refractivity (Wildman–Crippen MR) is 76.2 cm³/mol. The van der Waals surface area contributed by atoms with Gasteiger partial charge in [-0.25, -0.2) is 4.39 Å². The first-order valence-electron chi connectivity index (χ1n) is 6.29. The fourth-order valence-corrected chi connectivity index (χ4v) is 1.72. The molecule has 1 heterocycles. The summed E-state index contributed by atoms with van der Waals surface area (Å²) < 4.78 is 12.7. The first kappa shape index (κ1) is 13.9. The van der Waals surface area contributed by atoms with Crippen LogP contribution in [0.3, 0.4) is 0 Å². The lowest BCUT2D eigenvalue weighted by molar-refractivity contribution is -0.117. The molecule has 20 heavy (non-hydrogen) atoms. The SMILES string of the molecule is CC(NC(=O)/C=C/c1ccc(F)cc1)c1cccnc1. The van der Waals surface area contributed by atoms with Gasteiger partial charge in [-0.05, 0) is 42.3 Å². The zero-order chi connectivity index (χ0) is 14.4. The van der Waals surface area contributed by atoms with E-state index in [0.29, 0.717) is 0 Å². The van der Waals surface area contributed by atoms with Crippen molar-refractivity contribution in [2.75, 3.05) is 0 Å². The summed E-state index contributed by atoms with van der Waals surface area (Å²) in [6.07, 6.45) is 6.48. The maximum Gasteiger partial charge on any atom is 0.244 e. The van der Waals surface area contributed by atoms with E-state index >= 15 is 0 Å². The van der Waals surface area contributed by atoms with Gasteiger partial charge in [-0.15, -0.1) is 0 Å². The average Bonchev–Trinajstić information content (AvgIpc) is 2.47. The van der Waals surface area contributed by atoms with Crippen LogP contribution in [-0.2, 0) is 4.79 Å². The van der Waals surface area contributed by atoms with Gasteiger partial charge in [-0.1, -0.05) is 18.2 Å². The second kappa shape index (κ2) is 6.61. The molecule has 3 nitrogen and oxygen atoms in total. The van der Waals surface area contributed by atoms with Crippen LogP contribution < -0.4 is 5.32 Å². The Hall–Kier alpha value is -2.49. The highest BCUT2D eigenvalue weighted by Crippen LogP contribution is 2.10. The first-order valence-corrected chi connectivity index (χ1v) is 6.29. The molecule has 2 rings (SSSR count). The molecule has 1 amide bonds. The van der Waals surface area contributed by atoms with Crippen molar-refractivity contribution in [2.24, 2.45) is 0 Å². The summed E-state index contributed by atoms with van der Waals surface area (Å²) in [6.45, 7) is 1.89. The van der Waals surface area contributed by atoms with Crippen LogP contribution in [0.5, 0.6) is 0 Å². The number of aromatic nitrogens is 1. The molecule has 1 atom stereocenters. The van der Waals surface area contributed by atoms with E-state index < -0.39 is 0 Å². The molecule has 0 bridgehead atoms. The Morgan fingerprint density at radius 1 is 1.30 bits per heavy atom. The number of amides is 1. The molecule has 1 aromatic carbocycles. The van der Waals surface area contributed by atoms with Crippen molar-refractivity contribution >= 4 is 12.0 Å². The Bertz CT molecular complexity index is 594. The Kier molecular flexibility index (Phi) is 4.60. The molecule has 0 aliphatic heterocycles. The van der Waals surface area contributed by atoms with Crippen molar-refractivity contribution < 1.29 is 9.18 Å². The van der Waals surface area contributed by atoms with E-state index in [1.54, 1.807) is 30.6 Å². The Balaban J connectivity index is 1.94. The molecule has 1 N–H and O–H groups in total. The monoisotopic (exact) mass is 270 g/mol. The molecule has 0 radical (unpaired) electrons. The summed E-state index contributed by atoms with van der Waals surface area (Å²) in [5, 5.41) is 2.84. The second-order valence-corrected chi connectivity index (χ2v) is 4.40. The third-order valence-electron chi connectivity index (χ3n) is 2.84. The van der Waals surface area contributed by atoms with Crippen molar-refractivity contribution in [1.82, 2.24) is 10.3 Å². The highest BCUT2D eigenvalue weighted by Gasteiger charge is 2.06. The molecule has 2 aromatic rings. The number of nitrogens with zero attached hydrogens (tertiary/aromatic N) is 1. The number of pyridine rings is 1. The van der Waals surface area contributed by atoms with E-state index in [0.717, 1.165) is 11.1 Å². The third kappa shape index (κ3) is 4.02. The summed E-state index contributed by atoms with van der Waals surface area (Å²) in [5.74, 6) is -0.498. The van der Waals surface area contributed by atoms with Crippen LogP contribution in [0.4, 0.5) is 4.39 Å². The van der Waals surface area contributed by atoms with E-state index in [-0.39, 0.29) is 17.8 Å². The van der Waals surface area contributed by atoms with E-state index in [4.69, 9.17) is 0 Å². The Labute approximate surface area is 117 Å². The highest BCUT2D eigenvalue weighted by atomic mass is 19.1. The molecular formula is C16H15FN2O. The molecular weight excluding hydrogens is 255 g/mol. The lowest BCUT2D eigenvalue weighted by Crippen LogP contribution is -2.24. The molecule has 0 saturated heterocycles. The molecule has 1 unspecified atom stereocenters. The summed E-state index contributed by atoms with van der Waals surface area (Å²) in [7, 11) is 0. The molecule has 0 saturated carbocycles. The van der Waals surface area contributed by atoms with Crippen LogP contribution in [0.1, 0.15) is 24.1 Å². The lowest BCUT2D eigenvalue weighted by atomic mass is 10.1. The standard InChI is InChI=1S/C16H15FN2O/c1-12(14-3-2-10-18-11-14)19-16(20)9-6-13-4-7-15(17)8-5-13/h2-12H,1H3,(H,19,20)/b9-6+. The van der Waals surface area contributed by atoms with Crippen LogP contribution in [0.25, 0.3) is 6.08 Å². The van der Waals surface area contributed by atoms with E-state index in [2.05, 4.69) is 10.3 Å². The van der Waals surface area contributed by atoms with Crippen molar-refractivity contribution in [3.05, 3.63) is 71.8 Å². The molecule has 4 heteroatoms. The van der Waals surface area contributed by atoms with E-state index in [1.807, 2.05) is 19.1 Å². The van der Waals surface area contributed by atoms with Gasteiger partial charge >= 0.3 is 0 Å². The average molecular weight is 270 g/mol. The number of hydrogen-bond acceptors (Lipinski definition) is 2. The van der Waals surface area contributed by atoms with Crippen LogP contribution in [-0.4, -0.2) is 10.9 Å². The normalized spacial score (nSPS) is 12.3. The van der Waals surface area contributed by atoms with Gasteiger partial charge in [0.1, 0.15) is 5.82 Å². The van der Waals surface area contributed by atoms with Gasteiger partial charge in [0.25, 0.3) is 0 Å². The second-order valence-electron chi connectivity index (χ2n) is 4.40. The molecule has 0 aliphatic rings. The summed E-state index contributed by atoms with van der Waals surface area (Å²) in [5.41, 5.74) is 1.71. The number of hydrogen-bond donors (Lipinski definition) is 1. The van der Waals surface area contributed by atoms with Crippen LogP contribution in [0.2, 0.25) is 0 Å². The first-order chi connectivity index (χ1) is 9.65. The van der Waals surface area contributed by atoms with Gasteiger partial charge in [-0.2, -0.15) is 0 Å². The maximum atomic E-state index is 12.7. The van der Waals surface area contributed by atoms with Gasteiger partial charge in [0.15, 0.2) is 0 Å².